The van der Waals surface area contributed by atoms with Crippen LogP contribution < -0.4 is 5.32 Å². The van der Waals surface area contributed by atoms with Crippen molar-refractivity contribution in [1.29, 1.82) is 0 Å². The van der Waals surface area contributed by atoms with E-state index in [0.717, 1.165) is 6.08 Å². The number of aliphatic carboxylic acids is 1. The summed E-state index contributed by atoms with van der Waals surface area (Å²) < 4.78 is 0. The lowest BCUT2D eigenvalue weighted by Gasteiger charge is -1.96. The van der Waals surface area contributed by atoms with Crippen LogP contribution in [0.1, 0.15) is 6.92 Å². The summed E-state index contributed by atoms with van der Waals surface area (Å²) in [5.41, 5.74) is -0.0148. The molecule has 0 unspecified atom stereocenters. The molecule has 74 valence electrons. The molecule has 0 spiro atoms. The van der Waals surface area contributed by atoms with E-state index >= 15 is 0 Å². The third-order valence-electron chi connectivity index (χ3n) is 1.35. The zero-order valence-corrected chi connectivity index (χ0v) is 8.17. The largest absolute Gasteiger partial charge is 0.478 e. The number of carbonyl (C=O) groups is 2. The Morgan fingerprint density at radius 3 is 2.86 bits per heavy atom. The second-order valence-corrected chi connectivity index (χ2v) is 3.35. The average Bonchev–Trinajstić information content (AvgIpc) is 2.56. The maximum absolute atomic E-state index is 11.1. The Balaban J connectivity index is 2.60. The lowest BCUT2D eigenvalue weighted by atomic mass is 10.3. The van der Waals surface area contributed by atoms with Gasteiger partial charge in [-0.1, -0.05) is 0 Å². The van der Waals surface area contributed by atoms with Crippen molar-refractivity contribution in [2.75, 3.05) is 5.32 Å². The first kappa shape index (κ1) is 10.4. The summed E-state index contributed by atoms with van der Waals surface area (Å²) in [6.07, 6.45) is 2.57. The van der Waals surface area contributed by atoms with Crippen LogP contribution in [-0.4, -0.2) is 22.0 Å². The predicted molar refractivity (Wildman–Crippen MR) is 52.1 cm³/mol. The van der Waals surface area contributed by atoms with Crippen molar-refractivity contribution >= 4 is 28.3 Å². The van der Waals surface area contributed by atoms with Crippen molar-refractivity contribution in [3.05, 3.63) is 23.2 Å². The van der Waals surface area contributed by atoms with Crippen LogP contribution >= 0.6 is 11.3 Å². The van der Waals surface area contributed by atoms with Gasteiger partial charge in [0.15, 0.2) is 5.13 Å². The number of hydrogen-bond donors (Lipinski definition) is 2. The minimum Gasteiger partial charge on any atom is -0.478 e. The number of amides is 1. The summed E-state index contributed by atoms with van der Waals surface area (Å²) in [5.74, 6) is -1.60. The van der Waals surface area contributed by atoms with Gasteiger partial charge in [0.25, 0.3) is 5.91 Å². The first-order valence-electron chi connectivity index (χ1n) is 3.71. The van der Waals surface area contributed by atoms with Crippen molar-refractivity contribution in [1.82, 2.24) is 4.98 Å². The Bertz CT molecular complexity index is 370. The van der Waals surface area contributed by atoms with Crippen molar-refractivity contribution in [3.63, 3.8) is 0 Å². The van der Waals surface area contributed by atoms with E-state index in [1.165, 1.54) is 18.3 Å². The minimum absolute atomic E-state index is 0.0148. The van der Waals surface area contributed by atoms with Crippen LogP contribution in [0.4, 0.5) is 5.13 Å². The third-order valence-corrected chi connectivity index (χ3v) is 2.04. The van der Waals surface area contributed by atoms with Crippen molar-refractivity contribution in [2.45, 2.75) is 6.92 Å². The maximum atomic E-state index is 11.1. The molecule has 0 saturated carbocycles. The van der Waals surface area contributed by atoms with Crippen LogP contribution in [0.25, 0.3) is 0 Å². The molecule has 0 atom stereocenters. The number of anilines is 1. The molecule has 6 heteroatoms. The van der Waals surface area contributed by atoms with Crippen LogP contribution in [-0.2, 0) is 9.59 Å². The van der Waals surface area contributed by atoms with Crippen molar-refractivity contribution < 1.29 is 14.7 Å². The second-order valence-electron chi connectivity index (χ2n) is 2.46. The molecular weight excluding hydrogens is 204 g/mol. The van der Waals surface area contributed by atoms with Gasteiger partial charge in [-0.25, -0.2) is 9.78 Å². The van der Waals surface area contributed by atoms with E-state index < -0.39 is 11.9 Å². The number of hydrogen-bond acceptors (Lipinski definition) is 4. The molecule has 0 aliphatic rings. The average molecular weight is 212 g/mol. The van der Waals surface area contributed by atoms with Gasteiger partial charge in [-0.2, -0.15) is 0 Å². The normalized spacial score (nSPS) is 11.1. The number of carboxylic acids is 1. The fraction of sp³-hybridized carbons (Fsp3) is 0.125. The van der Waals surface area contributed by atoms with Crippen LogP contribution in [0, 0.1) is 0 Å². The van der Waals surface area contributed by atoms with Crippen molar-refractivity contribution in [2.24, 2.45) is 0 Å². The van der Waals surface area contributed by atoms with E-state index in [9.17, 15) is 9.59 Å². The van der Waals surface area contributed by atoms with Crippen molar-refractivity contribution in [3.8, 4) is 0 Å². The van der Waals surface area contributed by atoms with E-state index in [2.05, 4.69) is 10.3 Å². The fourth-order valence-corrected chi connectivity index (χ4v) is 1.22. The summed E-state index contributed by atoms with van der Waals surface area (Å²) in [6.45, 7) is 1.35. The molecule has 0 aliphatic carbocycles. The lowest BCUT2D eigenvalue weighted by molar-refractivity contribution is -0.132. The Morgan fingerprint density at radius 1 is 1.64 bits per heavy atom. The Labute approximate surface area is 84.1 Å². The van der Waals surface area contributed by atoms with Gasteiger partial charge in [-0.15, -0.1) is 11.3 Å². The molecule has 0 saturated heterocycles. The van der Waals surface area contributed by atoms with Gasteiger partial charge in [-0.05, 0) is 6.92 Å². The highest BCUT2D eigenvalue weighted by Gasteiger charge is 2.05. The van der Waals surface area contributed by atoms with Crippen LogP contribution in [0.5, 0.6) is 0 Å². The summed E-state index contributed by atoms with van der Waals surface area (Å²) in [5, 5.41) is 13.1. The number of nitrogens with one attached hydrogen (secondary N) is 1. The third kappa shape index (κ3) is 2.98. The van der Waals surface area contributed by atoms with Gasteiger partial charge in [0.05, 0.1) is 0 Å². The highest BCUT2D eigenvalue weighted by molar-refractivity contribution is 7.13. The molecule has 0 aliphatic heterocycles. The van der Waals surface area contributed by atoms with Crippen LogP contribution in [0.15, 0.2) is 23.2 Å². The molecule has 0 radical (unpaired) electrons. The van der Waals surface area contributed by atoms with Crippen LogP contribution in [0.3, 0.4) is 0 Å². The summed E-state index contributed by atoms with van der Waals surface area (Å²) in [6, 6.07) is 0. The summed E-state index contributed by atoms with van der Waals surface area (Å²) in [7, 11) is 0. The first-order chi connectivity index (χ1) is 6.59. The van der Waals surface area contributed by atoms with Gasteiger partial charge in [0, 0.05) is 23.2 Å². The molecule has 1 heterocycles. The van der Waals surface area contributed by atoms with Gasteiger partial charge >= 0.3 is 5.97 Å². The Morgan fingerprint density at radius 2 is 2.36 bits per heavy atom. The molecule has 2 N–H and O–H groups in total. The van der Waals surface area contributed by atoms with Gasteiger partial charge < -0.3 is 5.11 Å². The Kier molecular flexibility index (Phi) is 3.35. The maximum Gasteiger partial charge on any atom is 0.331 e. The molecule has 14 heavy (non-hydrogen) atoms. The summed E-state index contributed by atoms with van der Waals surface area (Å²) >= 11 is 1.27. The van der Waals surface area contributed by atoms with Crippen LogP contribution in [0.2, 0.25) is 0 Å². The van der Waals surface area contributed by atoms with E-state index in [0.29, 0.717) is 5.13 Å². The highest BCUT2D eigenvalue weighted by Crippen LogP contribution is 2.10. The minimum atomic E-state index is -1.11. The number of rotatable bonds is 3. The van der Waals surface area contributed by atoms with Gasteiger partial charge in [0.2, 0.25) is 0 Å². The SMILES string of the molecule is CC(=CC(=O)Nc1nccs1)C(=O)O. The molecule has 1 amide bonds. The first-order valence-corrected chi connectivity index (χ1v) is 4.59. The number of thiazole rings is 1. The lowest BCUT2D eigenvalue weighted by Crippen LogP contribution is -2.10. The second kappa shape index (κ2) is 4.52. The predicted octanol–water partition coefficient (Wildman–Crippen LogP) is 1.11. The number of carbonyl (C=O) groups excluding carboxylic acids is 1. The fourth-order valence-electron chi connectivity index (χ4n) is 0.685. The standard InChI is InChI=1S/C8H8N2O3S/c1-5(7(12)13)4-6(11)10-8-9-2-3-14-8/h2-4H,1H3,(H,12,13)(H,9,10,11). The number of aromatic nitrogens is 1. The molecule has 0 fully saturated rings. The Hall–Kier alpha value is -1.69. The number of carboxylic acid groups (broad SMARTS) is 1. The molecular formula is C8H8N2O3S. The van der Waals surface area contributed by atoms with Gasteiger partial charge in [0.1, 0.15) is 0 Å². The number of nitrogens with zero attached hydrogens (tertiary/aromatic N) is 1. The monoisotopic (exact) mass is 212 g/mol. The smallest absolute Gasteiger partial charge is 0.331 e. The molecule has 1 rings (SSSR count). The van der Waals surface area contributed by atoms with E-state index in [4.69, 9.17) is 5.11 Å². The van der Waals surface area contributed by atoms with E-state index in [1.54, 1.807) is 11.6 Å². The summed E-state index contributed by atoms with van der Waals surface area (Å²) in [4.78, 5) is 25.3. The molecule has 1 aromatic heterocycles. The van der Waals surface area contributed by atoms with E-state index in [-0.39, 0.29) is 5.57 Å². The zero-order valence-electron chi connectivity index (χ0n) is 7.35. The molecule has 5 nitrogen and oxygen atoms in total. The van der Waals surface area contributed by atoms with E-state index in [1.807, 2.05) is 0 Å². The molecule has 1 aromatic rings. The molecule has 0 aromatic carbocycles. The highest BCUT2D eigenvalue weighted by atomic mass is 32.1. The topological polar surface area (TPSA) is 79.3 Å². The molecule has 0 bridgehead atoms. The quantitative estimate of drug-likeness (QED) is 0.735. The zero-order chi connectivity index (χ0) is 10.6. The van der Waals surface area contributed by atoms with Gasteiger partial charge in [-0.3, -0.25) is 10.1 Å².